The van der Waals surface area contributed by atoms with E-state index >= 15 is 0 Å². The predicted octanol–water partition coefficient (Wildman–Crippen LogP) is 10.2. The van der Waals surface area contributed by atoms with Crippen LogP contribution in [0.15, 0.2) is 163 Å². The average Bonchev–Trinajstić information content (AvgIpc) is 3.68. The van der Waals surface area contributed by atoms with Crippen LogP contribution in [0, 0.1) is 0 Å². The topological polar surface area (TPSA) is 63.4 Å². The molecule has 0 saturated carbocycles. The predicted molar refractivity (Wildman–Crippen MR) is 186 cm³/mol. The summed E-state index contributed by atoms with van der Waals surface area (Å²) in [5, 5.41) is 3.98. The first kappa shape index (κ1) is 26.5. The Hall–Kier alpha value is -6.07. The SMILES string of the molecule is C=N/C(=N\C(=N/Cc1ccccc1)c1cccc2c1oc1ccccc12)c1cccc2oc3c(-c4ccccc4)cccc3c12. The monoisotopic (exact) mass is 581 g/mol. The van der Waals surface area contributed by atoms with E-state index in [0.29, 0.717) is 18.2 Å². The van der Waals surface area contributed by atoms with E-state index < -0.39 is 0 Å². The largest absolute Gasteiger partial charge is 0.455 e. The third-order valence-corrected chi connectivity index (χ3v) is 8.11. The Labute approximate surface area is 259 Å². The van der Waals surface area contributed by atoms with Gasteiger partial charge in [-0.3, -0.25) is 4.99 Å². The second-order valence-corrected chi connectivity index (χ2v) is 10.8. The standard InChI is InChI=1S/C40H27N3O2/c1-41-39(32-21-12-24-35-36(32)31-20-10-18-28(37(31)45-35)27-15-6-3-7-16-27)43-40(42-25-26-13-4-2-5-14-26)33-22-11-19-30-29-17-8-9-23-34(29)44-38(30)33/h2-24H,1,25H2/b42-40-,43-39-. The van der Waals surface area contributed by atoms with Crippen molar-refractivity contribution in [1.82, 2.24) is 0 Å². The minimum absolute atomic E-state index is 0.444. The molecule has 0 radical (unpaired) electrons. The van der Waals surface area contributed by atoms with Crippen LogP contribution in [0.25, 0.3) is 55.0 Å². The van der Waals surface area contributed by atoms with Crippen molar-refractivity contribution in [3.05, 3.63) is 156 Å². The molecular weight excluding hydrogens is 554 g/mol. The molecule has 0 atom stereocenters. The molecule has 0 aliphatic carbocycles. The van der Waals surface area contributed by atoms with Gasteiger partial charge in [-0.15, -0.1) is 0 Å². The van der Waals surface area contributed by atoms with Crippen LogP contribution >= 0.6 is 0 Å². The van der Waals surface area contributed by atoms with Crippen molar-refractivity contribution in [2.24, 2.45) is 15.0 Å². The van der Waals surface area contributed by atoms with E-state index in [1.807, 2.05) is 84.9 Å². The molecule has 5 heteroatoms. The molecule has 214 valence electrons. The summed E-state index contributed by atoms with van der Waals surface area (Å²) in [5.41, 5.74) is 7.92. The first-order valence-electron chi connectivity index (χ1n) is 14.8. The van der Waals surface area contributed by atoms with Gasteiger partial charge < -0.3 is 8.83 Å². The summed E-state index contributed by atoms with van der Waals surface area (Å²) in [6, 6.07) is 46.7. The Morgan fingerprint density at radius 2 is 1.18 bits per heavy atom. The highest BCUT2D eigenvalue weighted by atomic mass is 16.3. The lowest BCUT2D eigenvalue weighted by atomic mass is 10.0. The lowest BCUT2D eigenvalue weighted by Crippen LogP contribution is -2.06. The molecule has 5 nitrogen and oxygen atoms in total. The van der Waals surface area contributed by atoms with Gasteiger partial charge in [-0.1, -0.05) is 121 Å². The van der Waals surface area contributed by atoms with Gasteiger partial charge in [0.05, 0.1) is 12.1 Å². The molecule has 0 saturated heterocycles. The third kappa shape index (κ3) is 4.71. The molecule has 6 aromatic carbocycles. The van der Waals surface area contributed by atoms with Crippen LogP contribution in [0.3, 0.4) is 0 Å². The van der Waals surface area contributed by atoms with Gasteiger partial charge in [0.15, 0.2) is 11.7 Å². The van der Waals surface area contributed by atoms with E-state index in [2.05, 4.69) is 66.3 Å². The summed E-state index contributed by atoms with van der Waals surface area (Å²) in [6.45, 7) is 4.39. The van der Waals surface area contributed by atoms with Crippen LogP contribution in [-0.4, -0.2) is 18.4 Å². The molecular formula is C40H27N3O2. The molecule has 8 rings (SSSR count). The molecule has 2 aromatic heterocycles. The lowest BCUT2D eigenvalue weighted by Gasteiger charge is -2.08. The number of hydrogen-bond acceptors (Lipinski definition) is 3. The third-order valence-electron chi connectivity index (χ3n) is 8.11. The van der Waals surface area contributed by atoms with Crippen molar-refractivity contribution >= 4 is 62.3 Å². The highest BCUT2D eigenvalue weighted by Gasteiger charge is 2.19. The number of rotatable bonds is 5. The molecule has 0 unspecified atom stereocenters. The highest BCUT2D eigenvalue weighted by Crippen LogP contribution is 2.38. The number of aliphatic imine (C=N–C) groups is 3. The smallest absolute Gasteiger partial charge is 0.161 e. The Morgan fingerprint density at radius 1 is 0.533 bits per heavy atom. The van der Waals surface area contributed by atoms with Crippen molar-refractivity contribution in [1.29, 1.82) is 0 Å². The first-order chi connectivity index (χ1) is 22.3. The van der Waals surface area contributed by atoms with Crippen LogP contribution < -0.4 is 0 Å². The van der Waals surface area contributed by atoms with Gasteiger partial charge >= 0.3 is 0 Å². The fourth-order valence-corrected chi connectivity index (χ4v) is 6.01. The van der Waals surface area contributed by atoms with Gasteiger partial charge in [-0.25, -0.2) is 9.98 Å². The van der Waals surface area contributed by atoms with Gasteiger partial charge in [0, 0.05) is 32.7 Å². The molecule has 0 aliphatic heterocycles. The summed E-state index contributed by atoms with van der Waals surface area (Å²) >= 11 is 0. The van der Waals surface area contributed by atoms with Gasteiger partial charge in [0.25, 0.3) is 0 Å². The number of nitrogens with zero attached hydrogens (tertiary/aromatic N) is 3. The minimum atomic E-state index is 0.444. The van der Waals surface area contributed by atoms with Crippen LogP contribution in [0.2, 0.25) is 0 Å². The summed E-state index contributed by atoms with van der Waals surface area (Å²) in [7, 11) is 0. The molecule has 8 aromatic rings. The Morgan fingerprint density at radius 3 is 2.02 bits per heavy atom. The van der Waals surface area contributed by atoms with E-state index in [-0.39, 0.29) is 0 Å². The van der Waals surface area contributed by atoms with Crippen molar-refractivity contribution in [3.8, 4) is 11.1 Å². The molecule has 45 heavy (non-hydrogen) atoms. The zero-order valence-electron chi connectivity index (χ0n) is 24.4. The fourth-order valence-electron chi connectivity index (χ4n) is 6.01. The molecule has 0 aliphatic rings. The van der Waals surface area contributed by atoms with Crippen LogP contribution in [0.4, 0.5) is 0 Å². The summed E-state index contributed by atoms with van der Waals surface area (Å²) in [4.78, 5) is 14.6. The molecule has 0 amide bonds. The summed E-state index contributed by atoms with van der Waals surface area (Å²) in [6.07, 6.45) is 0. The van der Waals surface area contributed by atoms with Crippen LogP contribution in [0.5, 0.6) is 0 Å². The van der Waals surface area contributed by atoms with Crippen molar-refractivity contribution in [2.45, 2.75) is 6.54 Å². The minimum Gasteiger partial charge on any atom is -0.455 e. The molecule has 2 heterocycles. The van der Waals surface area contributed by atoms with Crippen molar-refractivity contribution in [2.75, 3.05) is 0 Å². The number of furan rings is 2. The van der Waals surface area contributed by atoms with E-state index in [1.54, 1.807) is 0 Å². The number of hydrogen-bond donors (Lipinski definition) is 0. The lowest BCUT2D eigenvalue weighted by molar-refractivity contribution is 0.668. The fraction of sp³-hybridized carbons (Fsp3) is 0.0250. The molecule has 0 bridgehead atoms. The summed E-state index contributed by atoms with van der Waals surface area (Å²) < 4.78 is 12.9. The highest BCUT2D eigenvalue weighted by molar-refractivity contribution is 6.24. The molecule has 0 fully saturated rings. The van der Waals surface area contributed by atoms with Crippen molar-refractivity contribution in [3.63, 3.8) is 0 Å². The molecule has 0 spiro atoms. The zero-order chi connectivity index (χ0) is 30.2. The van der Waals surface area contributed by atoms with E-state index in [4.69, 9.17) is 18.8 Å². The second kappa shape index (κ2) is 11.2. The van der Waals surface area contributed by atoms with Crippen molar-refractivity contribution < 1.29 is 8.83 Å². The number of para-hydroxylation sites is 3. The van der Waals surface area contributed by atoms with E-state index in [0.717, 1.165) is 71.7 Å². The number of amidine groups is 2. The van der Waals surface area contributed by atoms with Gasteiger partial charge in [-0.2, -0.15) is 0 Å². The van der Waals surface area contributed by atoms with Gasteiger partial charge in [0.1, 0.15) is 22.3 Å². The van der Waals surface area contributed by atoms with Crippen LogP contribution in [-0.2, 0) is 6.54 Å². The Balaban J connectivity index is 1.34. The van der Waals surface area contributed by atoms with Gasteiger partial charge in [-0.05, 0) is 36.0 Å². The van der Waals surface area contributed by atoms with E-state index in [9.17, 15) is 0 Å². The van der Waals surface area contributed by atoms with Gasteiger partial charge in [0.2, 0.25) is 0 Å². The Kier molecular flexibility index (Phi) is 6.61. The maximum atomic E-state index is 6.50. The number of fused-ring (bicyclic) bond motifs is 6. The summed E-state index contributed by atoms with van der Waals surface area (Å²) in [5.74, 6) is 0.967. The Bertz CT molecular complexity index is 2420. The van der Waals surface area contributed by atoms with Crippen LogP contribution in [0.1, 0.15) is 16.7 Å². The van der Waals surface area contributed by atoms with E-state index in [1.165, 1.54) is 0 Å². The number of benzene rings is 6. The first-order valence-corrected chi connectivity index (χ1v) is 14.8. The second-order valence-electron chi connectivity index (χ2n) is 10.8. The maximum absolute atomic E-state index is 6.50. The zero-order valence-corrected chi connectivity index (χ0v) is 24.4. The maximum Gasteiger partial charge on any atom is 0.161 e. The molecule has 0 N–H and O–H groups in total. The quantitative estimate of drug-likeness (QED) is 0.150. The normalized spacial score (nSPS) is 12.4. The average molecular weight is 582 g/mol.